The highest BCUT2D eigenvalue weighted by Gasteiger charge is 2.86. The van der Waals surface area contributed by atoms with Crippen LogP contribution in [0.5, 0.6) is 0 Å². The van der Waals surface area contributed by atoms with Crippen LogP contribution in [0, 0.1) is 7.14 Å². The zero-order valence-electron chi connectivity index (χ0n) is 49.9. The molecule has 0 saturated carbocycles. The molecule has 8 rings (SSSR count). The van der Waals surface area contributed by atoms with Gasteiger partial charge in [-0.15, -0.1) is 0 Å². The molecule has 9 nitrogen and oxygen atoms in total. The van der Waals surface area contributed by atoms with E-state index in [9.17, 15) is 157 Å². The van der Waals surface area contributed by atoms with Crippen LogP contribution in [0.2, 0.25) is 0 Å². The SMILES string of the molecule is O=S(=O)([O-])C(F)(F)C(F)(F)C(F)(F)C(F)(F)F.O=S(=O)([O-])C(F)(F)C(F)(F)C(F)(F)C(F)(F)F.O=S(=O)([O-])C(F)(F)C(F)(F)C(F)(F)C(F)(F)F.c1ccc([S+](c2ccccc2)c2ccc(Sc3ccc([I+]c4ccc(Sc5ccc([S+](c6ccccc6)c6ccccc6)cc5)cc4)cc3)cc2)cc1. The topological polar surface area (TPSA) is 172 Å². The first kappa shape index (κ1) is 88.4. The normalized spacial score (nSPS) is 13.6. The van der Waals surface area contributed by atoms with E-state index < -0.39 is 100 Å². The first-order valence-electron chi connectivity index (χ1n) is 26.8. The van der Waals surface area contributed by atoms with E-state index in [1.807, 2.05) is 23.5 Å². The van der Waals surface area contributed by atoms with Crippen molar-refractivity contribution in [3.8, 4) is 0 Å². The summed E-state index contributed by atoms with van der Waals surface area (Å²) >= 11 is 3.41. The molecule has 0 heterocycles. The van der Waals surface area contributed by atoms with Gasteiger partial charge in [-0.3, -0.25) is 0 Å². The van der Waals surface area contributed by atoms with E-state index in [0.29, 0.717) is 0 Å². The maximum absolute atomic E-state index is 12.2. The molecule has 568 valence electrons. The minimum Gasteiger partial charge on any atom is -0.743 e. The second-order valence-electron chi connectivity index (χ2n) is 19.9. The molecule has 0 aromatic heterocycles. The molecule has 0 atom stereocenters. The van der Waals surface area contributed by atoms with E-state index in [1.165, 1.54) is 56.1 Å². The zero-order chi connectivity index (χ0) is 79.2. The molecule has 104 heavy (non-hydrogen) atoms. The van der Waals surface area contributed by atoms with Crippen LogP contribution in [0.15, 0.2) is 267 Å². The van der Waals surface area contributed by atoms with Gasteiger partial charge in [0.1, 0.15) is 0 Å². The average Bonchev–Trinajstić information content (AvgIpc) is 0.740. The fraction of sp³-hybridized carbons (Fsp3) is 0.200. The van der Waals surface area contributed by atoms with Crippen molar-refractivity contribution in [2.75, 3.05) is 0 Å². The molecule has 0 radical (unpaired) electrons. The van der Waals surface area contributed by atoms with E-state index in [-0.39, 0.29) is 43.0 Å². The van der Waals surface area contributed by atoms with Gasteiger partial charge in [-0.2, -0.15) is 119 Å². The van der Waals surface area contributed by atoms with Crippen molar-refractivity contribution in [2.24, 2.45) is 0 Å². The summed E-state index contributed by atoms with van der Waals surface area (Å²) in [6.07, 6.45) is -21.5. The van der Waals surface area contributed by atoms with Gasteiger partial charge in [-0.05, 0) is 146 Å². The highest BCUT2D eigenvalue weighted by Crippen LogP contribution is 2.57. The lowest BCUT2D eigenvalue weighted by atomic mass is 10.1. The number of hydrogen-bond acceptors (Lipinski definition) is 11. The molecular formula is C60H36F27IO9S7. The second kappa shape index (κ2) is 32.7. The van der Waals surface area contributed by atoms with Gasteiger partial charge in [-0.25, -0.2) is 25.3 Å². The third-order valence-corrected chi connectivity index (χ3v) is 24.5. The van der Waals surface area contributed by atoms with Gasteiger partial charge in [-0.1, -0.05) is 96.3 Å². The lowest BCUT2D eigenvalue weighted by Crippen LogP contribution is -3.61. The summed E-state index contributed by atoms with van der Waals surface area (Å²) in [6, 6.07) is 80.0. The van der Waals surface area contributed by atoms with E-state index >= 15 is 0 Å². The summed E-state index contributed by atoms with van der Waals surface area (Å²) in [5.41, 5.74) is 0. The Labute approximate surface area is 594 Å². The Morgan fingerprint density at radius 3 is 0.567 bits per heavy atom. The standard InChI is InChI=1S/C48H36IS4.3C4HF9O3S/c1-5-13-43(14-6-1)52(44-15-7-2-8-16-44)47-33-29-41(30-34-47)50-39-25-21-37(22-26-39)49-38-23-27-40(28-24-38)51-42-31-35-48(36-32-42)53(45-17-9-3-10-18-45)46-19-11-4-12-20-46;3*5-1(6,3(9,10)11)2(7,8)4(12,13)17(14,15)16/h1-36H;3*(H,14,15,16)/q+3;;;/p-3. The fourth-order valence-corrected chi connectivity index (χ4v) is 16.7. The molecule has 0 aliphatic carbocycles. The third kappa shape index (κ3) is 19.5. The molecule has 0 spiro atoms. The van der Waals surface area contributed by atoms with E-state index in [2.05, 4.69) is 218 Å². The number of alkyl halides is 27. The summed E-state index contributed by atoms with van der Waals surface area (Å²) in [4.78, 5) is 13.1. The van der Waals surface area contributed by atoms with Crippen molar-refractivity contribution in [1.82, 2.24) is 0 Å². The van der Waals surface area contributed by atoms with Gasteiger partial charge in [0.2, 0.25) is 0 Å². The molecule has 0 aliphatic rings. The number of rotatable bonds is 21. The lowest BCUT2D eigenvalue weighted by Gasteiger charge is -2.34. The van der Waals surface area contributed by atoms with Crippen LogP contribution in [0.1, 0.15) is 0 Å². The van der Waals surface area contributed by atoms with Crippen LogP contribution in [-0.4, -0.2) is 109 Å². The molecule has 0 saturated heterocycles. The van der Waals surface area contributed by atoms with E-state index in [4.69, 9.17) is 0 Å². The Hall–Kier alpha value is -6.27. The predicted molar refractivity (Wildman–Crippen MR) is 313 cm³/mol. The molecule has 44 heteroatoms. The zero-order valence-corrected chi connectivity index (χ0v) is 57.8. The molecule has 8 aromatic rings. The maximum Gasteiger partial charge on any atom is 0.460 e. The van der Waals surface area contributed by atoms with Crippen LogP contribution in [0.4, 0.5) is 119 Å². The van der Waals surface area contributed by atoms with Crippen LogP contribution >= 0.6 is 23.5 Å². The van der Waals surface area contributed by atoms with Gasteiger partial charge in [0.05, 0.1) is 21.8 Å². The Kier molecular flexibility index (Phi) is 27.8. The average molecular weight is 1770 g/mol. The molecule has 0 aliphatic heterocycles. The van der Waals surface area contributed by atoms with Crippen molar-refractivity contribution < 1.29 is 179 Å². The monoisotopic (exact) mass is 1760 g/mol. The highest BCUT2D eigenvalue weighted by molar-refractivity contribution is 8.00. The summed E-state index contributed by atoms with van der Waals surface area (Å²) in [7, 11) is -22.5. The smallest absolute Gasteiger partial charge is 0.460 e. The van der Waals surface area contributed by atoms with Crippen molar-refractivity contribution in [1.29, 1.82) is 0 Å². The molecule has 0 fully saturated rings. The van der Waals surface area contributed by atoms with Gasteiger partial charge in [0.25, 0.3) is 0 Å². The quantitative estimate of drug-likeness (QED) is 0.0290. The van der Waals surface area contributed by atoms with Crippen molar-refractivity contribution >= 4 is 75.7 Å². The summed E-state index contributed by atoms with van der Waals surface area (Å²) in [5, 5.41) is -21.3. The number of hydrogen-bond donors (Lipinski definition) is 0. The minimum absolute atomic E-state index is 0.126. The van der Waals surface area contributed by atoms with Gasteiger partial charge >= 0.3 is 91.0 Å². The van der Waals surface area contributed by atoms with Crippen molar-refractivity contribution in [3.05, 3.63) is 226 Å². The molecular weight excluding hydrogens is 1730 g/mol. The van der Waals surface area contributed by atoms with Crippen LogP contribution in [0.25, 0.3) is 0 Å². The Morgan fingerprint density at radius 1 is 0.240 bits per heavy atom. The van der Waals surface area contributed by atoms with Gasteiger partial charge in [0.15, 0.2) is 66.9 Å². The van der Waals surface area contributed by atoms with Crippen molar-refractivity contribution in [2.45, 2.75) is 119 Å². The summed E-state index contributed by atoms with van der Waals surface area (Å²) in [5.74, 6) is -44.5. The Bertz CT molecular complexity index is 4050. The predicted octanol–water partition coefficient (Wildman–Crippen LogP) is 16.2. The maximum atomic E-state index is 12.2. The highest BCUT2D eigenvalue weighted by atomic mass is 127. The summed E-state index contributed by atoms with van der Waals surface area (Å²) < 4.78 is 409. The van der Waals surface area contributed by atoms with Crippen LogP contribution in [-0.2, 0) is 52.1 Å². The largest absolute Gasteiger partial charge is 0.743 e. The van der Waals surface area contributed by atoms with E-state index in [1.54, 1.807) is 0 Å². The van der Waals surface area contributed by atoms with Gasteiger partial charge < -0.3 is 13.7 Å². The van der Waals surface area contributed by atoms with Crippen molar-refractivity contribution in [3.63, 3.8) is 0 Å². The molecule has 0 amide bonds. The number of halogens is 28. The molecule has 0 N–H and O–H groups in total. The van der Waals surface area contributed by atoms with Crippen LogP contribution < -0.4 is 21.2 Å². The molecule has 0 unspecified atom stereocenters. The first-order valence-corrected chi connectivity index (χ1v) is 37.3. The number of benzene rings is 8. The second-order valence-corrected chi connectivity index (χ2v) is 33.5. The third-order valence-electron chi connectivity index (χ3n) is 12.6. The fourth-order valence-electron chi connectivity index (χ4n) is 7.41. The van der Waals surface area contributed by atoms with Crippen LogP contribution in [0.3, 0.4) is 0 Å². The molecule has 0 bridgehead atoms. The Balaban J connectivity index is 0.000000311. The molecule has 8 aromatic carbocycles. The first-order chi connectivity index (χ1) is 47.2. The Morgan fingerprint density at radius 2 is 0.404 bits per heavy atom. The lowest BCUT2D eigenvalue weighted by molar-refractivity contribution is -0.597. The van der Waals surface area contributed by atoms with Gasteiger partial charge in [0, 0.05) is 19.6 Å². The minimum atomic E-state index is -7.43. The van der Waals surface area contributed by atoms with E-state index in [0.717, 1.165) is 0 Å². The summed E-state index contributed by atoms with van der Waals surface area (Å²) in [6.45, 7) is 0.